The topological polar surface area (TPSA) is 59.5 Å². The van der Waals surface area contributed by atoms with Crippen LogP contribution in [0.5, 0.6) is 0 Å². The van der Waals surface area contributed by atoms with Crippen molar-refractivity contribution in [1.29, 1.82) is 0 Å². The fourth-order valence-corrected chi connectivity index (χ4v) is 6.56. The summed E-state index contributed by atoms with van der Waals surface area (Å²) in [6.07, 6.45) is 8.48. The predicted octanol–water partition coefficient (Wildman–Crippen LogP) is 5.36. The summed E-state index contributed by atoms with van der Waals surface area (Å²) in [5, 5.41) is 5.18. The second kappa shape index (κ2) is 9.63. The number of nitrogens with one attached hydrogen (secondary N) is 4. The van der Waals surface area contributed by atoms with Gasteiger partial charge in [-0.1, -0.05) is 76.2 Å². The standard InChI is InChI=1S/C36H34N4/c1-5-29-21-13-9-11-15-23(21)33(37-29)19-35-27-17-26-28(18-25(27)31(7-3)39-35)36(40-32(26)8-4)20-34-24-16-12-10-14-22(24)30(6-2)38-34/h9-20,37-38H,5-8H2,1-4H3/p+2/b35-19-,36-20-. The monoisotopic (exact) mass is 524 g/mol. The van der Waals surface area contributed by atoms with Crippen LogP contribution in [0.3, 0.4) is 0 Å². The number of aromatic amines is 2. The minimum Gasteiger partial charge on any atom is -0.358 e. The third-order valence-electron chi connectivity index (χ3n) is 8.61. The molecule has 4 N–H and O–H groups in total. The molecular weight excluding hydrogens is 488 g/mol. The molecule has 0 fully saturated rings. The summed E-state index contributed by atoms with van der Waals surface area (Å²) in [7, 11) is 0. The Balaban J connectivity index is 1.38. The molecular formula is C36H36N4+2. The molecule has 40 heavy (non-hydrogen) atoms. The number of hydrogen-bond acceptors (Lipinski definition) is 0. The third kappa shape index (κ3) is 3.74. The van der Waals surface area contributed by atoms with Crippen molar-refractivity contribution >= 4 is 56.5 Å². The van der Waals surface area contributed by atoms with E-state index in [0.717, 1.165) is 25.7 Å². The molecule has 4 heterocycles. The molecule has 0 spiro atoms. The summed E-state index contributed by atoms with van der Waals surface area (Å²) in [5.41, 5.74) is 15.0. The van der Waals surface area contributed by atoms with Gasteiger partial charge >= 0.3 is 0 Å². The number of aromatic nitrogens is 2. The first kappa shape index (κ1) is 24.6. The highest BCUT2D eigenvalue weighted by Crippen LogP contribution is 2.33. The molecule has 2 aliphatic heterocycles. The van der Waals surface area contributed by atoms with Crippen LogP contribution in [0.1, 0.15) is 85.6 Å². The van der Waals surface area contributed by atoms with Crippen molar-refractivity contribution in [1.82, 2.24) is 9.97 Å². The highest BCUT2D eigenvalue weighted by Gasteiger charge is 2.34. The second-order valence-corrected chi connectivity index (χ2v) is 10.8. The summed E-state index contributed by atoms with van der Waals surface area (Å²) in [4.78, 5) is 15.0. The van der Waals surface area contributed by atoms with Gasteiger partial charge in [-0.3, -0.25) is 0 Å². The molecule has 0 saturated carbocycles. The molecule has 0 saturated heterocycles. The van der Waals surface area contributed by atoms with E-state index in [1.165, 1.54) is 89.4 Å². The Kier molecular flexibility index (Phi) is 5.92. The zero-order valence-corrected chi connectivity index (χ0v) is 23.8. The number of aryl methyl sites for hydroxylation is 2. The van der Waals surface area contributed by atoms with Gasteiger partial charge in [-0.15, -0.1) is 0 Å². The molecule has 4 nitrogen and oxygen atoms in total. The maximum absolute atomic E-state index is 3.78. The first-order chi connectivity index (χ1) is 19.6. The first-order valence-electron chi connectivity index (χ1n) is 14.7. The average Bonchev–Trinajstić information content (AvgIpc) is 3.73. The van der Waals surface area contributed by atoms with E-state index < -0.39 is 0 Å². The Hall–Kier alpha value is -4.44. The maximum atomic E-state index is 3.78. The van der Waals surface area contributed by atoms with Crippen LogP contribution in [-0.2, 0) is 12.8 Å². The van der Waals surface area contributed by atoms with Crippen LogP contribution in [0.25, 0.3) is 45.1 Å². The molecule has 2 aliphatic rings. The number of fused-ring (bicyclic) bond motifs is 4. The van der Waals surface area contributed by atoms with Crippen LogP contribution in [0.4, 0.5) is 0 Å². The van der Waals surface area contributed by atoms with Gasteiger partial charge in [0.15, 0.2) is 11.4 Å². The molecule has 0 bridgehead atoms. The SMILES string of the molecule is CCC1=[NH+]/C(=C\c2[nH]c(CC)c3ccccc23)c2cc3c(cc21)/C(=C/c1[nH]c(CC)c2ccccc12)[NH+]=C3CC. The molecule has 2 aromatic heterocycles. The predicted molar refractivity (Wildman–Crippen MR) is 168 cm³/mol. The normalized spacial score (nSPS) is 16.3. The quantitative estimate of drug-likeness (QED) is 0.231. The largest absolute Gasteiger partial charge is 0.358 e. The number of hydrogen-bond donors (Lipinski definition) is 4. The zero-order valence-electron chi connectivity index (χ0n) is 23.8. The summed E-state index contributed by atoms with van der Waals surface area (Å²) in [5.74, 6) is 0. The van der Waals surface area contributed by atoms with Crippen LogP contribution in [-0.4, -0.2) is 21.4 Å². The lowest BCUT2D eigenvalue weighted by Crippen LogP contribution is -2.66. The van der Waals surface area contributed by atoms with Gasteiger partial charge in [-0.2, -0.15) is 0 Å². The number of rotatable bonds is 6. The fourth-order valence-electron chi connectivity index (χ4n) is 6.56. The molecule has 0 atom stereocenters. The molecule has 0 aliphatic carbocycles. The van der Waals surface area contributed by atoms with E-state index in [9.17, 15) is 0 Å². The first-order valence-corrected chi connectivity index (χ1v) is 14.7. The highest BCUT2D eigenvalue weighted by molar-refractivity contribution is 6.12. The lowest BCUT2D eigenvalue weighted by molar-refractivity contribution is -0.338. The van der Waals surface area contributed by atoms with E-state index in [1.54, 1.807) is 0 Å². The van der Waals surface area contributed by atoms with Gasteiger partial charge in [0.2, 0.25) is 11.4 Å². The van der Waals surface area contributed by atoms with Gasteiger partial charge in [-0.05, 0) is 25.0 Å². The Labute approximate surface area is 235 Å². The van der Waals surface area contributed by atoms with E-state index in [-0.39, 0.29) is 0 Å². The smallest absolute Gasteiger partial charge is 0.214 e. The minimum atomic E-state index is 0.951. The summed E-state index contributed by atoms with van der Waals surface area (Å²) < 4.78 is 0. The molecule has 0 radical (unpaired) electrons. The van der Waals surface area contributed by atoms with E-state index in [0.29, 0.717) is 0 Å². The zero-order chi connectivity index (χ0) is 27.4. The van der Waals surface area contributed by atoms with E-state index in [4.69, 9.17) is 0 Å². The van der Waals surface area contributed by atoms with Crippen molar-refractivity contribution in [3.8, 4) is 0 Å². The van der Waals surface area contributed by atoms with Crippen LogP contribution in [0.2, 0.25) is 0 Å². The van der Waals surface area contributed by atoms with Gasteiger partial charge < -0.3 is 9.97 Å². The molecule has 3 aromatic carbocycles. The fraction of sp³-hybridized carbons (Fsp3) is 0.222. The van der Waals surface area contributed by atoms with Crippen LogP contribution < -0.4 is 9.98 Å². The lowest BCUT2D eigenvalue weighted by atomic mass is 9.92. The lowest BCUT2D eigenvalue weighted by Gasteiger charge is -2.03. The van der Waals surface area contributed by atoms with Crippen LogP contribution in [0, 0.1) is 0 Å². The third-order valence-corrected chi connectivity index (χ3v) is 8.61. The van der Waals surface area contributed by atoms with E-state index >= 15 is 0 Å². The van der Waals surface area contributed by atoms with Gasteiger partial charge in [0, 0.05) is 57.9 Å². The summed E-state index contributed by atoms with van der Waals surface area (Å²) in [6.45, 7) is 8.89. The van der Waals surface area contributed by atoms with Crippen molar-refractivity contribution < 1.29 is 9.98 Å². The summed E-state index contributed by atoms with van der Waals surface area (Å²) in [6, 6.07) is 22.2. The van der Waals surface area contributed by atoms with Crippen LogP contribution in [0.15, 0.2) is 60.7 Å². The minimum absolute atomic E-state index is 0.951. The Bertz CT molecular complexity index is 1790. The van der Waals surface area contributed by atoms with Crippen LogP contribution >= 0.6 is 0 Å². The highest BCUT2D eigenvalue weighted by atomic mass is 14.8. The second-order valence-electron chi connectivity index (χ2n) is 10.8. The average molecular weight is 525 g/mol. The van der Waals surface area contributed by atoms with Gasteiger partial charge in [0.25, 0.3) is 0 Å². The number of H-pyrrole nitrogens is 2. The van der Waals surface area contributed by atoms with Gasteiger partial charge in [-0.25, -0.2) is 9.98 Å². The van der Waals surface area contributed by atoms with Gasteiger partial charge in [0.05, 0.1) is 33.6 Å². The van der Waals surface area contributed by atoms with Crippen molar-refractivity contribution in [3.63, 3.8) is 0 Å². The Morgan fingerprint density at radius 1 is 0.525 bits per heavy atom. The van der Waals surface area contributed by atoms with Crippen molar-refractivity contribution in [2.75, 3.05) is 0 Å². The van der Waals surface area contributed by atoms with Crippen molar-refractivity contribution in [3.05, 3.63) is 106 Å². The maximum Gasteiger partial charge on any atom is 0.214 e. The number of benzene rings is 3. The molecule has 198 valence electrons. The molecule has 0 unspecified atom stereocenters. The molecule has 7 rings (SSSR count). The molecule has 5 aromatic rings. The molecule has 4 heteroatoms. The Morgan fingerprint density at radius 2 is 0.925 bits per heavy atom. The van der Waals surface area contributed by atoms with Gasteiger partial charge in [0.1, 0.15) is 0 Å². The van der Waals surface area contributed by atoms with E-state index in [1.807, 2.05) is 0 Å². The van der Waals surface area contributed by atoms with Crippen molar-refractivity contribution in [2.24, 2.45) is 0 Å². The molecule has 0 amide bonds. The summed E-state index contributed by atoms with van der Waals surface area (Å²) >= 11 is 0. The van der Waals surface area contributed by atoms with Crippen molar-refractivity contribution in [2.45, 2.75) is 53.4 Å². The van der Waals surface area contributed by atoms with E-state index in [2.05, 4.69) is 120 Å². The Morgan fingerprint density at radius 3 is 1.30 bits per heavy atom.